The SMILES string of the molecule is O=C(Nc1nc(-c2ccccc2)ns1)c1ccccc1COc1ccccc1. The Morgan fingerprint density at radius 2 is 1.57 bits per heavy atom. The molecule has 0 aliphatic heterocycles. The van der Waals surface area contributed by atoms with Gasteiger partial charge in [-0.15, -0.1) is 0 Å². The molecule has 0 radical (unpaired) electrons. The minimum atomic E-state index is -0.233. The highest BCUT2D eigenvalue weighted by Crippen LogP contribution is 2.22. The molecular weight excluding hydrogens is 370 g/mol. The number of aromatic nitrogens is 2. The van der Waals surface area contributed by atoms with Crippen LogP contribution in [0.3, 0.4) is 0 Å². The molecule has 4 aromatic rings. The zero-order valence-corrected chi connectivity index (χ0v) is 15.7. The first-order valence-electron chi connectivity index (χ1n) is 8.76. The van der Waals surface area contributed by atoms with Gasteiger partial charge in [-0.05, 0) is 18.2 Å². The fraction of sp³-hybridized carbons (Fsp3) is 0.0455. The minimum Gasteiger partial charge on any atom is -0.489 e. The van der Waals surface area contributed by atoms with E-state index in [1.54, 1.807) is 6.07 Å². The van der Waals surface area contributed by atoms with Gasteiger partial charge in [0.2, 0.25) is 5.13 Å². The number of para-hydroxylation sites is 1. The molecule has 3 aromatic carbocycles. The van der Waals surface area contributed by atoms with Gasteiger partial charge in [-0.2, -0.15) is 9.36 Å². The highest BCUT2D eigenvalue weighted by molar-refractivity contribution is 7.10. The van der Waals surface area contributed by atoms with E-state index in [0.717, 1.165) is 28.4 Å². The normalized spacial score (nSPS) is 10.4. The number of benzene rings is 3. The summed E-state index contributed by atoms with van der Waals surface area (Å²) in [6.45, 7) is 0.305. The molecule has 6 heteroatoms. The van der Waals surface area contributed by atoms with Crippen LogP contribution in [0, 0.1) is 0 Å². The lowest BCUT2D eigenvalue weighted by molar-refractivity contribution is 0.102. The second-order valence-corrected chi connectivity index (χ2v) is 6.75. The van der Waals surface area contributed by atoms with Gasteiger partial charge in [-0.3, -0.25) is 10.1 Å². The first-order valence-corrected chi connectivity index (χ1v) is 9.53. The molecule has 5 nitrogen and oxygen atoms in total. The Morgan fingerprint density at radius 1 is 0.893 bits per heavy atom. The lowest BCUT2D eigenvalue weighted by Crippen LogP contribution is -2.15. The Bertz CT molecular complexity index is 1070. The number of hydrogen-bond donors (Lipinski definition) is 1. The van der Waals surface area contributed by atoms with Gasteiger partial charge in [0.15, 0.2) is 5.82 Å². The fourth-order valence-electron chi connectivity index (χ4n) is 2.69. The molecule has 4 rings (SSSR count). The summed E-state index contributed by atoms with van der Waals surface area (Å²) in [5.41, 5.74) is 2.27. The maximum atomic E-state index is 12.8. The minimum absolute atomic E-state index is 0.233. The molecule has 0 saturated carbocycles. The van der Waals surface area contributed by atoms with Crippen molar-refractivity contribution in [3.8, 4) is 17.1 Å². The molecule has 0 spiro atoms. The standard InChI is InChI=1S/C22H17N3O2S/c26-21(24-22-23-20(25-28-22)16-9-3-1-4-10-16)19-14-8-7-11-17(19)15-27-18-12-5-2-6-13-18/h1-14H,15H2,(H,23,24,25,26). The van der Waals surface area contributed by atoms with Crippen LogP contribution in [0.25, 0.3) is 11.4 Å². The van der Waals surface area contributed by atoms with Crippen LogP contribution < -0.4 is 10.1 Å². The third-order valence-corrected chi connectivity index (χ3v) is 4.71. The number of carbonyl (C=O) groups excluding carboxylic acids is 1. The number of nitrogens with one attached hydrogen (secondary N) is 1. The topological polar surface area (TPSA) is 64.1 Å². The molecule has 0 aliphatic rings. The first-order chi connectivity index (χ1) is 13.8. The van der Waals surface area contributed by atoms with Crippen LogP contribution in [0.15, 0.2) is 84.9 Å². The summed E-state index contributed by atoms with van der Waals surface area (Å²) in [6.07, 6.45) is 0. The Kier molecular flexibility index (Phi) is 5.40. The number of hydrogen-bond acceptors (Lipinski definition) is 5. The van der Waals surface area contributed by atoms with Crippen LogP contribution in [0.4, 0.5) is 5.13 Å². The third-order valence-electron chi connectivity index (χ3n) is 4.08. The maximum absolute atomic E-state index is 12.8. The van der Waals surface area contributed by atoms with Crippen LogP contribution >= 0.6 is 11.5 Å². The summed E-state index contributed by atoms with van der Waals surface area (Å²) in [6, 6.07) is 26.6. The molecule has 1 heterocycles. The van der Waals surface area contributed by atoms with Crippen molar-refractivity contribution in [1.82, 2.24) is 9.36 Å². The molecule has 0 unspecified atom stereocenters. The van der Waals surface area contributed by atoms with Crippen molar-refractivity contribution >= 4 is 22.6 Å². The van der Waals surface area contributed by atoms with Gasteiger partial charge in [0.25, 0.3) is 5.91 Å². The zero-order chi connectivity index (χ0) is 19.2. The number of rotatable bonds is 6. The smallest absolute Gasteiger partial charge is 0.257 e. The Labute approximate surface area is 166 Å². The zero-order valence-electron chi connectivity index (χ0n) is 14.9. The number of carbonyl (C=O) groups is 1. The molecule has 1 N–H and O–H groups in total. The van der Waals surface area contributed by atoms with E-state index in [0.29, 0.717) is 23.1 Å². The Morgan fingerprint density at radius 3 is 2.36 bits per heavy atom. The van der Waals surface area contributed by atoms with E-state index in [-0.39, 0.29) is 5.91 Å². The second kappa shape index (κ2) is 8.45. The van der Waals surface area contributed by atoms with E-state index in [9.17, 15) is 4.79 Å². The summed E-state index contributed by atoms with van der Waals surface area (Å²) in [5, 5.41) is 3.30. The average molecular weight is 387 g/mol. The average Bonchev–Trinajstić information content (AvgIpc) is 3.22. The Balaban J connectivity index is 1.47. The highest BCUT2D eigenvalue weighted by Gasteiger charge is 2.14. The van der Waals surface area contributed by atoms with Gasteiger partial charge in [-0.1, -0.05) is 66.7 Å². The lowest BCUT2D eigenvalue weighted by Gasteiger charge is -2.10. The van der Waals surface area contributed by atoms with Gasteiger partial charge >= 0.3 is 0 Å². The lowest BCUT2D eigenvalue weighted by atomic mass is 10.1. The summed E-state index contributed by atoms with van der Waals surface area (Å²) >= 11 is 1.16. The van der Waals surface area contributed by atoms with E-state index in [1.807, 2.05) is 78.9 Å². The van der Waals surface area contributed by atoms with Gasteiger partial charge in [0.05, 0.1) is 0 Å². The third kappa shape index (κ3) is 4.24. The van der Waals surface area contributed by atoms with Crippen LogP contribution in [-0.4, -0.2) is 15.3 Å². The highest BCUT2D eigenvalue weighted by atomic mass is 32.1. The number of anilines is 1. The summed E-state index contributed by atoms with van der Waals surface area (Å²) in [5.74, 6) is 1.12. The van der Waals surface area contributed by atoms with E-state index in [2.05, 4.69) is 14.7 Å². The monoisotopic (exact) mass is 387 g/mol. The molecule has 138 valence electrons. The van der Waals surface area contributed by atoms with Crippen LogP contribution in [0.2, 0.25) is 0 Å². The molecule has 1 aromatic heterocycles. The fourth-order valence-corrected chi connectivity index (χ4v) is 3.27. The maximum Gasteiger partial charge on any atom is 0.257 e. The summed E-state index contributed by atoms with van der Waals surface area (Å²) < 4.78 is 10.1. The number of nitrogens with zero attached hydrogens (tertiary/aromatic N) is 2. The van der Waals surface area contributed by atoms with Crippen molar-refractivity contribution in [2.75, 3.05) is 5.32 Å². The van der Waals surface area contributed by atoms with Gasteiger partial charge < -0.3 is 4.74 Å². The summed E-state index contributed by atoms with van der Waals surface area (Å²) in [4.78, 5) is 17.2. The largest absolute Gasteiger partial charge is 0.489 e. The van der Waals surface area contributed by atoms with Gasteiger partial charge in [0.1, 0.15) is 12.4 Å². The van der Waals surface area contributed by atoms with Crippen LogP contribution in [-0.2, 0) is 6.61 Å². The molecule has 1 amide bonds. The molecule has 0 bridgehead atoms. The van der Waals surface area contributed by atoms with Crippen molar-refractivity contribution in [1.29, 1.82) is 0 Å². The van der Waals surface area contributed by atoms with Crippen molar-refractivity contribution in [2.45, 2.75) is 6.61 Å². The summed E-state index contributed by atoms with van der Waals surface area (Å²) in [7, 11) is 0. The van der Waals surface area contributed by atoms with Crippen LogP contribution in [0.5, 0.6) is 5.75 Å². The quantitative estimate of drug-likeness (QED) is 0.504. The predicted molar refractivity (Wildman–Crippen MR) is 111 cm³/mol. The van der Waals surface area contributed by atoms with E-state index in [4.69, 9.17) is 4.74 Å². The predicted octanol–water partition coefficient (Wildman–Crippen LogP) is 5.04. The molecule has 0 atom stereocenters. The van der Waals surface area contributed by atoms with Crippen molar-refractivity contribution in [3.05, 3.63) is 96.1 Å². The van der Waals surface area contributed by atoms with E-state index >= 15 is 0 Å². The molecule has 0 fully saturated rings. The molecule has 0 saturated heterocycles. The number of amides is 1. The second-order valence-electron chi connectivity index (χ2n) is 6.00. The van der Waals surface area contributed by atoms with Crippen molar-refractivity contribution < 1.29 is 9.53 Å². The Hall–Kier alpha value is -3.51. The van der Waals surface area contributed by atoms with Gasteiger partial charge in [0, 0.05) is 28.2 Å². The number of ether oxygens (including phenoxy) is 1. The molecular formula is C22H17N3O2S. The van der Waals surface area contributed by atoms with E-state index < -0.39 is 0 Å². The van der Waals surface area contributed by atoms with Crippen molar-refractivity contribution in [2.24, 2.45) is 0 Å². The first kappa shape index (κ1) is 17.9. The van der Waals surface area contributed by atoms with E-state index in [1.165, 1.54) is 0 Å². The van der Waals surface area contributed by atoms with Crippen LogP contribution in [0.1, 0.15) is 15.9 Å². The molecule has 0 aliphatic carbocycles. The van der Waals surface area contributed by atoms with Gasteiger partial charge in [-0.25, -0.2) is 0 Å². The van der Waals surface area contributed by atoms with Crippen molar-refractivity contribution in [3.63, 3.8) is 0 Å². The molecule has 28 heavy (non-hydrogen) atoms.